The summed E-state index contributed by atoms with van der Waals surface area (Å²) >= 11 is 5.91. The summed E-state index contributed by atoms with van der Waals surface area (Å²) in [6.07, 6.45) is 1.08. The Labute approximate surface area is 129 Å². The van der Waals surface area contributed by atoms with E-state index in [2.05, 4.69) is 15.0 Å². The van der Waals surface area contributed by atoms with Crippen molar-refractivity contribution >= 4 is 45.6 Å². The monoisotopic (exact) mass is 339 g/mol. The highest BCUT2D eigenvalue weighted by molar-refractivity contribution is 7.92. The Morgan fingerprint density at radius 1 is 1.45 bits per heavy atom. The largest absolute Gasteiger partial charge is 0.486 e. The fourth-order valence-electron chi connectivity index (χ4n) is 1.61. The summed E-state index contributed by atoms with van der Waals surface area (Å²) in [5.41, 5.74) is 0.367. The van der Waals surface area contributed by atoms with Crippen molar-refractivity contribution in [3.05, 3.63) is 23.2 Å². The minimum atomic E-state index is -3.34. The van der Waals surface area contributed by atoms with Gasteiger partial charge in [-0.25, -0.2) is 8.42 Å². The van der Waals surface area contributed by atoms with Crippen LogP contribution in [0.4, 0.5) is 5.69 Å². The van der Waals surface area contributed by atoms with Gasteiger partial charge in [0, 0.05) is 17.6 Å². The molecule has 1 aliphatic heterocycles. The lowest BCUT2D eigenvalue weighted by atomic mass is 10.3. The zero-order chi connectivity index (χ0) is 13.9. The van der Waals surface area contributed by atoms with Gasteiger partial charge in [-0.2, -0.15) is 0 Å². The van der Waals surface area contributed by atoms with Crippen LogP contribution in [-0.2, 0) is 10.0 Å². The lowest BCUT2D eigenvalue weighted by molar-refractivity contribution is 0.374. The second-order valence-corrected chi connectivity index (χ2v) is 6.28. The number of sulfonamides is 1. The normalized spacial score (nSPS) is 14.0. The Morgan fingerprint density at radius 2 is 2.20 bits per heavy atom. The van der Waals surface area contributed by atoms with E-state index in [-0.39, 0.29) is 12.4 Å². The van der Waals surface area contributed by atoms with Gasteiger partial charge in [0.1, 0.15) is 18.2 Å². The molecule has 1 aromatic rings. The number of anilines is 1. The SMILES string of the molecule is CS(=O)(=O)Nc1cc(Cl)cc(OCC2=NCCN2)c1.Cl. The van der Waals surface area contributed by atoms with Crippen LogP contribution < -0.4 is 14.8 Å². The van der Waals surface area contributed by atoms with Crippen LogP contribution in [0.1, 0.15) is 0 Å². The average molecular weight is 340 g/mol. The molecule has 9 heteroatoms. The van der Waals surface area contributed by atoms with E-state index in [1.54, 1.807) is 12.1 Å². The first kappa shape index (κ1) is 16.9. The van der Waals surface area contributed by atoms with Gasteiger partial charge in [0.2, 0.25) is 10.0 Å². The van der Waals surface area contributed by atoms with E-state index in [0.29, 0.717) is 23.1 Å². The summed E-state index contributed by atoms with van der Waals surface area (Å²) in [5.74, 6) is 1.26. The fourth-order valence-corrected chi connectivity index (χ4v) is 2.39. The first-order valence-corrected chi connectivity index (χ1v) is 7.88. The molecule has 6 nitrogen and oxygen atoms in total. The van der Waals surface area contributed by atoms with E-state index in [4.69, 9.17) is 16.3 Å². The van der Waals surface area contributed by atoms with Crippen molar-refractivity contribution in [3.8, 4) is 5.75 Å². The predicted octanol–water partition coefficient (Wildman–Crippen LogP) is 1.51. The van der Waals surface area contributed by atoms with Crippen molar-refractivity contribution in [2.45, 2.75) is 0 Å². The third kappa shape index (κ3) is 5.44. The summed E-state index contributed by atoms with van der Waals surface area (Å²) in [5, 5.41) is 3.47. The van der Waals surface area contributed by atoms with Crippen molar-refractivity contribution in [3.63, 3.8) is 0 Å². The van der Waals surface area contributed by atoms with Gasteiger partial charge < -0.3 is 10.1 Å². The third-order valence-corrected chi connectivity index (χ3v) is 3.12. The second kappa shape index (κ2) is 7.01. The second-order valence-electron chi connectivity index (χ2n) is 4.09. The maximum atomic E-state index is 11.2. The summed E-state index contributed by atoms with van der Waals surface area (Å²) in [7, 11) is -3.34. The lowest BCUT2D eigenvalue weighted by Gasteiger charge is -2.10. The maximum Gasteiger partial charge on any atom is 0.229 e. The van der Waals surface area contributed by atoms with Gasteiger partial charge in [0.15, 0.2) is 0 Å². The number of halogens is 2. The van der Waals surface area contributed by atoms with E-state index in [1.807, 2.05) is 0 Å². The number of hydrogen-bond acceptors (Lipinski definition) is 5. The molecule has 0 aliphatic carbocycles. The van der Waals surface area contributed by atoms with Gasteiger partial charge in [-0.3, -0.25) is 9.71 Å². The molecule has 0 spiro atoms. The minimum absolute atomic E-state index is 0. The number of benzene rings is 1. The van der Waals surface area contributed by atoms with Gasteiger partial charge in [-0.15, -0.1) is 12.4 Å². The maximum absolute atomic E-state index is 11.2. The number of ether oxygens (including phenoxy) is 1. The van der Waals surface area contributed by atoms with Crippen molar-refractivity contribution in [1.29, 1.82) is 0 Å². The molecule has 1 aromatic carbocycles. The zero-order valence-corrected chi connectivity index (χ0v) is 13.1. The molecule has 2 rings (SSSR count). The average Bonchev–Trinajstić information content (AvgIpc) is 2.75. The summed E-state index contributed by atoms with van der Waals surface area (Å²) in [4.78, 5) is 4.19. The Morgan fingerprint density at radius 3 is 2.80 bits per heavy atom. The Hall–Kier alpha value is -1.18. The van der Waals surface area contributed by atoms with Gasteiger partial charge in [0.25, 0.3) is 0 Å². The van der Waals surface area contributed by atoms with Crippen molar-refractivity contribution in [1.82, 2.24) is 5.32 Å². The van der Waals surface area contributed by atoms with Gasteiger partial charge >= 0.3 is 0 Å². The van der Waals surface area contributed by atoms with E-state index in [9.17, 15) is 8.42 Å². The van der Waals surface area contributed by atoms with Crippen LogP contribution in [0.15, 0.2) is 23.2 Å². The Kier molecular flexibility index (Phi) is 5.91. The van der Waals surface area contributed by atoms with Crippen LogP contribution in [0, 0.1) is 0 Å². The van der Waals surface area contributed by atoms with Gasteiger partial charge in [-0.05, 0) is 12.1 Å². The predicted molar refractivity (Wildman–Crippen MR) is 83.0 cm³/mol. The number of hydrogen-bond donors (Lipinski definition) is 2. The molecule has 0 saturated carbocycles. The smallest absolute Gasteiger partial charge is 0.229 e. The third-order valence-electron chi connectivity index (χ3n) is 2.29. The summed E-state index contributed by atoms with van der Waals surface area (Å²) in [6.45, 7) is 1.86. The molecule has 2 N–H and O–H groups in total. The lowest BCUT2D eigenvalue weighted by Crippen LogP contribution is -2.24. The molecule has 1 heterocycles. The number of nitrogens with zero attached hydrogens (tertiary/aromatic N) is 1. The molecule has 0 fully saturated rings. The number of nitrogens with one attached hydrogen (secondary N) is 2. The molecule has 0 amide bonds. The van der Waals surface area contributed by atoms with Crippen molar-refractivity contribution < 1.29 is 13.2 Å². The molecular weight excluding hydrogens is 325 g/mol. The summed E-state index contributed by atoms with van der Waals surface area (Å²) in [6, 6.07) is 4.70. The number of amidine groups is 1. The molecular formula is C11H15Cl2N3O3S. The highest BCUT2D eigenvalue weighted by Gasteiger charge is 2.08. The molecule has 0 saturated heterocycles. The molecule has 0 bridgehead atoms. The molecule has 20 heavy (non-hydrogen) atoms. The van der Waals surface area contributed by atoms with Crippen molar-refractivity contribution in [2.24, 2.45) is 4.99 Å². The fraction of sp³-hybridized carbons (Fsp3) is 0.364. The topological polar surface area (TPSA) is 79.8 Å². The van der Waals surface area contributed by atoms with Gasteiger partial charge in [-0.1, -0.05) is 11.6 Å². The first-order chi connectivity index (χ1) is 8.92. The molecule has 0 aromatic heterocycles. The first-order valence-electron chi connectivity index (χ1n) is 5.61. The molecule has 0 atom stereocenters. The molecule has 0 unspecified atom stereocenters. The highest BCUT2D eigenvalue weighted by Crippen LogP contribution is 2.25. The molecule has 112 valence electrons. The highest BCUT2D eigenvalue weighted by atomic mass is 35.5. The standard InChI is InChI=1S/C11H14ClN3O3S.ClH/c1-19(16,17)15-9-4-8(12)5-10(6-9)18-7-11-13-2-3-14-11;/h4-6,15H,2-3,7H2,1H3,(H,13,14);1H. The van der Waals surface area contributed by atoms with E-state index in [0.717, 1.165) is 25.2 Å². The van der Waals surface area contributed by atoms with E-state index >= 15 is 0 Å². The van der Waals surface area contributed by atoms with Crippen LogP contribution in [-0.4, -0.2) is 40.2 Å². The quantitative estimate of drug-likeness (QED) is 0.852. The Bertz CT molecular complexity index is 605. The van der Waals surface area contributed by atoms with Crippen LogP contribution in [0.25, 0.3) is 0 Å². The number of rotatable bonds is 5. The van der Waals surface area contributed by atoms with Crippen LogP contribution >= 0.6 is 24.0 Å². The Balaban J connectivity index is 0.00000200. The van der Waals surface area contributed by atoms with E-state index in [1.165, 1.54) is 6.07 Å². The van der Waals surface area contributed by atoms with Crippen LogP contribution in [0.5, 0.6) is 5.75 Å². The minimum Gasteiger partial charge on any atom is -0.486 e. The number of aliphatic imine (C=N–C) groups is 1. The molecule has 0 radical (unpaired) electrons. The van der Waals surface area contributed by atoms with Crippen LogP contribution in [0.3, 0.4) is 0 Å². The molecule has 1 aliphatic rings. The van der Waals surface area contributed by atoms with Gasteiger partial charge in [0.05, 0.1) is 18.5 Å². The van der Waals surface area contributed by atoms with Crippen LogP contribution in [0.2, 0.25) is 5.02 Å². The van der Waals surface area contributed by atoms with Crippen molar-refractivity contribution in [2.75, 3.05) is 30.7 Å². The zero-order valence-electron chi connectivity index (χ0n) is 10.7. The summed E-state index contributed by atoms with van der Waals surface area (Å²) < 4.78 is 30.2. The van der Waals surface area contributed by atoms with E-state index < -0.39 is 10.0 Å².